The first kappa shape index (κ1) is 9.19. The summed E-state index contributed by atoms with van der Waals surface area (Å²) in [6.07, 6.45) is 6.12. The minimum Gasteiger partial charge on any atom is -0.375 e. The van der Waals surface area contributed by atoms with Crippen LogP contribution in [0.1, 0.15) is 34.8 Å². The van der Waals surface area contributed by atoms with Gasteiger partial charge in [-0.05, 0) is 25.7 Å². The van der Waals surface area contributed by atoms with Crippen LogP contribution in [-0.2, 0) is 30.6 Å². The molecule has 1 aliphatic carbocycles. The predicted octanol–water partition coefficient (Wildman–Crippen LogP) is 2.35. The Balaban J connectivity index is 2.01. The van der Waals surface area contributed by atoms with Crippen molar-refractivity contribution < 1.29 is 4.74 Å². The van der Waals surface area contributed by atoms with Gasteiger partial charge in [-0.25, -0.2) is 4.98 Å². The molecule has 2 aromatic heterocycles. The number of aryl methyl sites for hydroxylation is 2. The molecular weight excluding hydrogens is 220 g/mol. The summed E-state index contributed by atoms with van der Waals surface area (Å²) in [5.74, 6) is 0. The Kier molecular flexibility index (Phi) is 1.90. The van der Waals surface area contributed by atoms with E-state index in [0.29, 0.717) is 0 Å². The van der Waals surface area contributed by atoms with E-state index in [1.54, 1.807) is 4.88 Å². The smallest absolute Gasteiger partial charge is 0.194 e. The van der Waals surface area contributed by atoms with Crippen LogP contribution in [0, 0.1) is 0 Å². The van der Waals surface area contributed by atoms with Crippen molar-refractivity contribution in [2.75, 3.05) is 6.61 Å². The van der Waals surface area contributed by atoms with E-state index in [0.717, 1.165) is 19.6 Å². The van der Waals surface area contributed by atoms with Crippen molar-refractivity contribution in [3.8, 4) is 0 Å². The molecule has 0 amide bonds. The molecule has 4 rings (SSSR count). The number of thiazole rings is 1. The van der Waals surface area contributed by atoms with Gasteiger partial charge < -0.3 is 4.74 Å². The lowest BCUT2D eigenvalue weighted by atomic mass is 10.0. The first-order valence-corrected chi connectivity index (χ1v) is 6.83. The lowest BCUT2D eigenvalue weighted by Gasteiger charge is -2.15. The Morgan fingerprint density at radius 1 is 1.12 bits per heavy atom. The summed E-state index contributed by atoms with van der Waals surface area (Å²) in [6, 6.07) is 0. The highest BCUT2D eigenvalue weighted by molar-refractivity contribution is 7.17. The quantitative estimate of drug-likeness (QED) is 0.699. The second-order valence-electron chi connectivity index (χ2n) is 4.60. The summed E-state index contributed by atoms with van der Waals surface area (Å²) in [5, 5.41) is 0. The maximum Gasteiger partial charge on any atom is 0.194 e. The van der Waals surface area contributed by atoms with Gasteiger partial charge in [-0.3, -0.25) is 4.40 Å². The molecule has 0 aromatic carbocycles. The van der Waals surface area contributed by atoms with Crippen LogP contribution in [0.5, 0.6) is 0 Å². The van der Waals surface area contributed by atoms with E-state index in [9.17, 15) is 0 Å². The molecular formula is C12H14N2OS. The second kappa shape index (κ2) is 3.31. The van der Waals surface area contributed by atoms with Crippen molar-refractivity contribution in [2.24, 2.45) is 0 Å². The van der Waals surface area contributed by atoms with E-state index >= 15 is 0 Å². The Labute approximate surface area is 98.1 Å². The van der Waals surface area contributed by atoms with Crippen molar-refractivity contribution >= 4 is 16.3 Å². The topological polar surface area (TPSA) is 26.5 Å². The molecule has 4 heteroatoms. The van der Waals surface area contributed by atoms with Crippen LogP contribution in [0.2, 0.25) is 0 Å². The zero-order chi connectivity index (χ0) is 10.5. The van der Waals surface area contributed by atoms with Crippen LogP contribution in [0.15, 0.2) is 0 Å². The van der Waals surface area contributed by atoms with E-state index in [4.69, 9.17) is 9.72 Å². The lowest BCUT2D eigenvalue weighted by molar-refractivity contribution is 0.106. The average molecular weight is 234 g/mol. The molecule has 3 nitrogen and oxygen atoms in total. The summed E-state index contributed by atoms with van der Waals surface area (Å²) in [7, 11) is 0. The Bertz CT molecular complexity index is 509. The molecule has 0 unspecified atom stereocenters. The van der Waals surface area contributed by atoms with Crippen LogP contribution in [0.25, 0.3) is 4.96 Å². The minimum atomic E-state index is 0.750. The molecule has 0 N–H and O–H groups in total. The Morgan fingerprint density at radius 3 is 3.06 bits per heavy atom. The molecule has 0 saturated heterocycles. The third-order valence-corrected chi connectivity index (χ3v) is 4.76. The van der Waals surface area contributed by atoms with E-state index in [-0.39, 0.29) is 0 Å². The minimum absolute atomic E-state index is 0.750. The largest absolute Gasteiger partial charge is 0.375 e. The highest BCUT2D eigenvalue weighted by Gasteiger charge is 2.23. The standard InChI is InChI=1S/C12H14N2OS/c1-2-4-11-9(3-1)14-10-7-15-6-5-8(10)13-12(14)16-11/h1-7H2. The zero-order valence-corrected chi connectivity index (χ0v) is 9.98. The van der Waals surface area contributed by atoms with Gasteiger partial charge in [0.05, 0.1) is 24.6 Å². The van der Waals surface area contributed by atoms with E-state index in [2.05, 4.69) is 4.40 Å². The first-order chi connectivity index (χ1) is 7.93. The van der Waals surface area contributed by atoms with Crippen molar-refractivity contribution in [1.82, 2.24) is 9.38 Å². The molecule has 84 valence electrons. The number of nitrogens with zero attached hydrogens (tertiary/aromatic N) is 2. The third kappa shape index (κ3) is 1.14. The number of hydrogen-bond acceptors (Lipinski definition) is 3. The number of fused-ring (bicyclic) bond motifs is 5. The molecule has 0 spiro atoms. The van der Waals surface area contributed by atoms with Gasteiger partial charge in [0, 0.05) is 17.0 Å². The highest BCUT2D eigenvalue weighted by atomic mass is 32.1. The van der Waals surface area contributed by atoms with Gasteiger partial charge >= 0.3 is 0 Å². The monoisotopic (exact) mass is 234 g/mol. The number of hydrogen-bond donors (Lipinski definition) is 0. The maximum absolute atomic E-state index is 5.57. The molecule has 0 atom stereocenters. The summed E-state index contributed by atoms with van der Waals surface area (Å²) in [4.78, 5) is 7.51. The second-order valence-corrected chi connectivity index (χ2v) is 5.67. The molecule has 16 heavy (non-hydrogen) atoms. The van der Waals surface area contributed by atoms with Crippen LogP contribution in [0.3, 0.4) is 0 Å². The van der Waals surface area contributed by atoms with Gasteiger partial charge in [-0.15, -0.1) is 11.3 Å². The number of ether oxygens (including phenoxy) is 1. The molecule has 0 radical (unpaired) electrons. The number of rotatable bonds is 0. The molecule has 0 saturated carbocycles. The van der Waals surface area contributed by atoms with E-state index in [1.165, 1.54) is 47.7 Å². The van der Waals surface area contributed by atoms with Gasteiger partial charge in [0.2, 0.25) is 0 Å². The molecule has 0 fully saturated rings. The Hall–Kier alpha value is -0.870. The predicted molar refractivity (Wildman–Crippen MR) is 63.1 cm³/mol. The van der Waals surface area contributed by atoms with E-state index < -0.39 is 0 Å². The average Bonchev–Trinajstić information content (AvgIpc) is 2.83. The molecule has 3 heterocycles. The number of imidazole rings is 1. The van der Waals surface area contributed by atoms with Crippen LogP contribution in [-0.4, -0.2) is 16.0 Å². The fraction of sp³-hybridized carbons (Fsp3) is 0.583. The van der Waals surface area contributed by atoms with Crippen molar-refractivity contribution in [2.45, 2.75) is 38.7 Å². The normalized spacial score (nSPS) is 19.8. The van der Waals surface area contributed by atoms with Gasteiger partial charge in [0.25, 0.3) is 0 Å². The summed E-state index contributed by atoms with van der Waals surface area (Å²) >= 11 is 1.89. The molecule has 0 bridgehead atoms. The van der Waals surface area contributed by atoms with Crippen molar-refractivity contribution in [1.29, 1.82) is 0 Å². The summed E-state index contributed by atoms with van der Waals surface area (Å²) in [5.41, 5.74) is 4.11. The van der Waals surface area contributed by atoms with Crippen molar-refractivity contribution in [3.63, 3.8) is 0 Å². The van der Waals surface area contributed by atoms with Crippen molar-refractivity contribution in [3.05, 3.63) is 22.0 Å². The summed E-state index contributed by atoms with van der Waals surface area (Å²) in [6.45, 7) is 1.58. The fourth-order valence-corrected chi connectivity index (χ4v) is 4.07. The van der Waals surface area contributed by atoms with E-state index in [1.807, 2.05) is 11.3 Å². The zero-order valence-electron chi connectivity index (χ0n) is 9.16. The third-order valence-electron chi connectivity index (χ3n) is 3.62. The van der Waals surface area contributed by atoms with Gasteiger partial charge in [-0.1, -0.05) is 0 Å². The van der Waals surface area contributed by atoms with Crippen LogP contribution >= 0.6 is 11.3 Å². The van der Waals surface area contributed by atoms with Crippen LogP contribution < -0.4 is 0 Å². The lowest BCUT2D eigenvalue weighted by Crippen LogP contribution is -2.12. The van der Waals surface area contributed by atoms with Crippen LogP contribution in [0.4, 0.5) is 0 Å². The Morgan fingerprint density at radius 2 is 2.06 bits per heavy atom. The first-order valence-electron chi connectivity index (χ1n) is 6.02. The molecule has 2 aliphatic rings. The summed E-state index contributed by atoms with van der Waals surface area (Å²) < 4.78 is 7.95. The molecule has 2 aromatic rings. The SMILES string of the molecule is C1CCc2c(sc3nc4c(n23)COCC4)C1. The van der Waals surface area contributed by atoms with Gasteiger partial charge in [0.1, 0.15) is 0 Å². The number of aromatic nitrogens is 2. The molecule has 1 aliphatic heterocycles. The highest BCUT2D eigenvalue weighted by Crippen LogP contribution is 2.33. The fourth-order valence-electron chi connectivity index (χ4n) is 2.83. The maximum atomic E-state index is 5.57. The van der Waals surface area contributed by atoms with Gasteiger partial charge in [0.15, 0.2) is 4.96 Å². The van der Waals surface area contributed by atoms with Gasteiger partial charge in [-0.2, -0.15) is 0 Å².